The predicted octanol–water partition coefficient (Wildman–Crippen LogP) is 3.33. The summed E-state index contributed by atoms with van der Waals surface area (Å²) in [6.07, 6.45) is 1.62. The third-order valence-corrected chi connectivity index (χ3v) is 4.41. The second kappa shape index (κ2) is 6.31. The first-order valence-electron chi connectivity index (χ1n) is 6.66. The number of nitrogens with zero attached hydrogens (tertiary/aromatic N) is 1. The van der Waals surface area contributed by atoms with Crippen molar-refractivity contribution in [2.75, 3.05) is 5.43 Å². The van der Waals surface area contributed by atoms with Gasteiger partial charge in [-0.15, -0.1) is 0 Å². The number of thioether (sulfide) groups is 1. The van der Waals surface area contributed by atoms with E-state index in [1.807, 2.05) is 30.3 Å². The van der Waals surface area contributed by atoms with Crippen LogP contribution >= 0.6 is 24.0 Å². The second-order valence-corrected chi connectivity index (χ2v) is 6.42. The molecule has 3 rings (SSSR count). The van der Waals surface area contributed by atoms with E-state index in [-0.39, 0.29) is 17.4 Å². The summed E-state index contributed by atoms with van der Waals surface area (Å²) in [5.41, 5.74) is 4.32. The Balaban J connectivity index is 1.83. The molecule has 1 heterocycles. The summed E-state index contributed by atoms with van der Waals surface area (Å²) < 4.78 is 0.396. The molecule has 23 heavy (non-hydrogen) atoms. The number of carbonyl (C=O) groups excluding carboxylic acids is 1. The minimum Gasteiger partial charge on any atom is -0.504 e. The molecule has 0 radical (unpaired) electrons. The highest BCUT2D eigenvalue weighted by Crippen LogP contribution is 2.34. The number of amides is 1. The number of phenolic OH excluding ortho intramolecular Hbond substituents is 2. The lowest BCUT2D eigenvalue weighted by Gasteiger charge is -2.16. The molecule has 0 spiro atoms. The molecule has 0 aromatic heterocycles. The van der Waals surface area contributed by atoms with Crippen molar-refractivity contribution in [3.8, 4) is 11.5 Å². The molecule has 1 aliphatic rings. The molecule has 1 amide bonds. The molecule has 1 fully saturated rings. The van der Waals surface area contributed by atoms with Crippen LogP contribution in [0, 0.1) is 0 Å². The number of thiocarbonyl (C=S) groups is 1. The fourth-order valence-electron chi connectivity index (χ4n) is 1.99. The molecule has 3 N–H and O–H groups in total. The van der Waals surface area contributed by atoms with Crippen LogP contribution in [-0.4, -0.2) is 25.4 Å². The lowest BCUT2D eigenvalue weighted by Crippen LogP contribution is -2.33. The summed E-state index contributed by atoms with van der Waals surface area (Å²) >= 11 is 6.40. The van der Waals surface area contributed by atoms with E-state index in [9.17, 15) is 15.0 Å². The Morgan fingerprint density at radius 3 is 2.52 bits per heavy atom. The van der Waals surface area contributed by atoms with Gasteiger partial charge in [-0.2, -0.15) is 0 Å². The quantitative estimate of drug-likeness (QED) is 0.451. The smallest absolute Gasteiger partial charge is 0.285 e. The van der Waals surface area contributed by atoms with Crippen molar-refractivity contribution in [2.45, 2.75) is 0 Å². The summed E-state index contributed by atoms with van der Waals surface area (Å²) in [7, 11) is 0. The van der Waals surface area contributed by atoms with Gasteiger partial charge in [0.25, 0.3) is 5.91 Å². The summed E-state index contributed by atoms with van der Waals surface area (Å²) in [5, 5.41) is 20.1. The lowest BCUT2D eigenvalue weighted by molar-refractivity contribution is -0.121. The molecule has 116 valence electrons. The molecule has 5 nitrogen and oxygen atoms in total. The number of rotatable bonds is 3. The van der Waals surface area contributed by atoms with Crippen molar-refractivity contribution in [1.29, 1.82) is 0 Å². The average molecular weight is 344 g/mol. The first-order valence-corrected chi connectivity index (χ1v) is 7.89. The highest BCUT2D eigenvalue weighted by Gasteiger charge is 2.32. The van der Waals surface area contributed by atoms with Gasteiger partial charge >= 0.3 is 0 Å². The number of hydrazine groups is 1. The Kier molecular flexibility index (Phi) is 4.22. The molecule has 1 saturated heterocycles. The molecular formula is C16H12N2O3S2. The molecule has 2 aromatic rings. The van der Waals surface area contributed by atoms with Gasteiger partial charge in [0.15, 0.2) is 15.8 Å². The maximum absolute atomic E-state index is 12.5. The van der Waals surface area contributed by atoms with E-state index in [2.05, 4.69) is 5.43 Å². The normalized spacial score (nSPS) is 16.2. The Labute approximate surface area is 142 Å². The van der Waals surface area contributed by atoms with Crippen molar-refractivity contribution in [2.24, 2.45) is 0 Å². The van der Waals surface area contributed by atoms with Crippen LogP contribution in [0.3, 0.4) is 0 Å². The van der Waals surface area contributed by atoms with Gasteiger partial charge in [-0.3, -0.25) is 10.2 Å². The molecule has 2 aromatic carbocycles. The predicted molar refractivity (Wildman–Crippen MR) is 94.8 cm³/mol. The monoisotopic (exact) mass is 344 g/mol. The SMILES string of the molecule is O=C1/C(=C\c2ccc(O)c(O)c2)SC(=S)N1Nc1ccccc1. The molecule has 0 bridgehead atoms. The molecule has 0 unspecified atom stereocenters. The second-order valence-electron chi connectivity index (χ2n) is 4.74. The standard InChI is InChI=1S/C16H12N2O3S2/c19-12-7-6-10(8-13(12)20)9-14-15(21)18(16(22)23-14)17-11-4-2-1-3-5-11/h1-9,17,19-20H/b14-9+. The highest BCUT2D eigenvalue weighted by atomic mass is 32.2. The van der Waals surface area contributed by atoms with E-state index in [1.165, 1.54) is 28.9 Å². The number of carbonyl (C=O) groups is 1. The van der Waals surface area contributed by atoms with Gasteiger partial charge in [0.05, 0.1) is 10.6 Å². The van der Waals surface area contributed by atoms with Gasteiger partial charge in [0, 0.05) is 0 Å². The number of phenols is 2. The van der Waals surface area contributed by atoms with Crippen molar-refractivity contribution >= 4 is 46.0 Å². The number of hydrogen-bond donors (Lipinski definition) is 3. The zero-order valence-corrected chi connectivity index (χ0v) is 13.4. The zero-order valence-electron chi connectivity index (χ0n) is 11.8. The van der Waals surface area contributed by atoms with Crippen LogP contribution in [0.15, 0.2) is 53.4 Å². The molecule has 0 saturated carbocycles. The van der Waals surface area contributed by atoms with Crippen molar-refractivity contribution < 1.29 is 15.0 Å². The van der Waals surface area contributed by atoms with Gasteiger partial charge in [-0.1, -0.05) is 36.0 Å². The Bertz CT molecular complexity index is 806. The fourth-order valence-corrected chi connectivity index (χ4v) is 3.17. The van der Waals surface area contributed by atoms with Crippen LogP contribution < -0.4 is 5.43 Å². The van der Waals surface area contributed by atoms with Crippen LogP contribution in [-0.2, 0) is 4.79 Å². The van der Waals surface area contributed by atoms with Gasteiger partial charge in [0.1, 0.15) is 0 Å². The van der Waals surface area contributed by atoms with E-state index in [0.29, 0.717) is 14.8 Å². The average Bonchev–Trinajstić information content (AvgIpc) is 2.80. The maximum atomic E-state index is 12.5. The van der Waals surface area contributed by atoms with Crippen LogP contribution in [0.4, 0.5) is 5.69 Å². The number of anilines is 1. The number of hydrogen-bond acceptors (Lipinski definition) is 6. The number of benzene rings is 2. The van der Waals surface area contributed by atoms with Gasteiger partial charge < -0.3 is 10.2 Å². The summed E-state index contributed by atoms with van der Waals surface area (Å²) in [6.45, 7) is 0. The van der Waals surface area contributed by atoms with Crippen molar-refractivity contribution in [3.05, 3.63) is 59.0 Å². The minimum absolute atomic E-state index is 0.208. The lowest BCUT2D eigenvalue weighted by atomic mass is 10.2. The van der Waals surface area contributed by atoms with E-state index in [4.69, 9.17) is 12.2 Å². The molecule has 1 aliphatic heterocycles. The van der Waals surface area contributed by atoms with Gasteiger partial charge in [0.2, 0.25) is 0 Å². The fraction of sp³-hybridized carbons (Fsp3) is 0. The number of para-hydroxylation sites is 1. The number of nitrogens with one attached hydrogen (secondary N) is 1. The third kappa shape index (κ3) is 3.30. The third-order valence-electron chi connectivity index (χ3n) is 3.11. The van der Waals surface area contributed by atoms with Gasteiger partial charge in [-0.05, 0) is 48.1 Å². The Hall–Kier alpha value is -2.51. The molecule has 7 heteroatoms. The largest absolute Gasteiger partial charge is 0.504 e. The van der Waals surface area contributed by atoms with Gasteiger partial charge in [-0.25, -0.2) is 5.01 Å². The van der Waals surface area contributed by atoms with Crippen molar-refractivity contribution in [1.82, 2.24) is 5.01 Å². The van der Waals surface area contributed by atoms with Crippen molar-refractivity contribution in [3.63, 3.8) is 0 Å². The van der Waals surface area contributed by atoms with Crippen LogP contribution in [0.5, 0.6) is 11.5 Å². The first-order chi connectivity index (χ1) is 11.0. The van der Waals surface area contributed by atoms with E-state index in [0.717, 1.165) is 5.69 Å². The highest BCUT2D eigenvalue weighted by molar-refractivity contribution is 8.26. The van der Waals surface area contributed by atoms with Crippen LogP contribution in [0.2, 0.25) is 0 Å². The summed E-state index contributed by atoms with van der Waals surface area (Å²) in [4.78, 5) is 12.9. The Morgan fingerprint density at radius 1 is 1.09 bits per heavy atom. The topological polar surface area (TPSA) is 72.8 Å². The summed E-state index contributed by atoms with van der Waals surface area (Å²) in [5.74, 6) is -0.714. The van der Waals surface area contributed by atoms with E-state index < -0.39 is 0 Å². The summed E-state index contributed by atoms with van der Waals surface area (Å²) in [6, 6.07) is 13.6. The molecular weight excluding hydrogens is 332 g/mol. The maximum Gasteiger partial charge on any atom is 0.285 e. The van der Waals surface area contributed by atoms with E-state index >= 15 is 0 Å². The minimum atomic E-state index is -0.267. The van der Waals surface area contributed by atoms with Crippen LogP contribution in [0.1, 0.15) is 5.56 Å². The number of aromatic hydroxyl groups is 2. The first kappa shape index (κ1) is 15.4. The molecule has 0 aliphatic carbocycles. The van der Waals surface area contributed by atoms with Crippen LogP contribution in [0.25, 0.3) is 6.08 Å². The van der Waals surface area contributed by atoms with E-state index in [1.54, 1.807) is 12.1 Å². The zero-order chi connectivity index (χ0) is 16.4. The molecule has 0 atom stereocenters. The Morgan fingerprint density at radius 2 is 1.83 bits per heavy atom.